The highest BCUT2D eigenvalue weighted by atomic mass is 14.5. The first-order valence-electron chi connectivity index (χ1n) is 4.31. The summed E-state index contributed by atoms with van der Waals surface area (Å²) in [7, 11) is 0. The molecular formula is C9H15N. The lowest BCUT2D eigenvalue weighted by Crippen LogP contribution is -2.02. The molecule has 2 unspecified atom stereocenters. The Kier molecular flexibility index (Phi) is 1.53. The van der Waals surface area contributed by atoms with Crippen molar-refractivity contribution in [3.63, 3.8) is 0 Å². The summed E-state index contributed by atoms with van der Waals surface area (Å²) in [6, 6.07) is 0. The molecule has 2 saturated carbocycles. The van der Waals surface area contributed by atoms with Gasteiger partial charge in [-0.2, -0.15) is 0 Å². The first-order valence-corrected chi connectivity index (χ1v) is 4.31. The molecule has 1 nitrogen and oxygen atoms in total. The van der Waals surface area contributed by atoms with Gasteiger partial charge in [0.15, 0.2) is 0 Å². The Hall–Kier alpha value is -0.300. The van der Waals surface area contributed by atoms with Crippen molar-refractivity contribution in [1.29, 1.82) is 0 Å². The van der Waals surface area contributed by atoms with Crippen LogP contribution < -0.4 is 5.73 Å². The lowest BCUT2D eigenvalue weighted by Gasteiger charge is -2.11. The number of rotatable bonds is 1. The predicted molar refractivity (Wildman–Crippen MR) is 42.6 cm³/mol. The molecule has 2 rings (SSSR count). The Morgan fingerprint density at radius 2 is 2.50 bits per heavy atom. The Morgan fingerprint density at radius 3 is 3.30 bits per heavy atom. The molecular weight excluding hydrogens is 122 g/mol. The van der Waals surface area contributed by atoms with Gasteiger partial charge in [0.1, 0.15) is 0 Å². The highest BCUT2D eigenvalue weighted by molar-refractivity contribution is 5.18. The van der Waals surface area contributed by atoms with Crippen LogP contribution >= 0.6 is 0 Å². The van der Waals surface area contributed by atoms with Gasteiger partial charge in [0.05, 0.1) is 0 Å². The van der Waals surface area contributed by atoms with Crippen molar-refractivity contribution in [3.8, 4) is 0 Å². The van der Waals surface area contributed by atoms with Crippen LogP contribution in [0.4, 0.5) is 0 Å². The monoisotopic (exact) mass is 137 g/mol. The van der Waals surface area contributed by atoms with E-state index in [1.165, 1.54) is 25.7 Å². The summed E-state index contributed by atoms with van der Waals surface area (Å²) in [5.74, 6) is 2.03. The van der Waals surface area contributed by atoms with Crippen molar-refractivity contribution in [2.45, 2.75) is 25.7 Å². The summed E-state index contributed by atoms with van der Waals surface area (Å²) in [6.45, 7) is 0.749. The van der Waals surface area contributed by atoms with Crippen molar-refractivity contribution in [2.75, 3.05) is 6.54 Å². The first-order chi connectivity index (χ1) is 4.92. The SMILES string of the molecule is NC/C=C1/CCCC2CC12. The summed E-state index contributed by atoms with van der Waals surface area (Å²) in [6.07, 6.45) is 7.92. The largest absolute Gasteiger partial charge is 0.327 e. The highest BCUT2D eigenvalue weighted by Gasteiger charge is 2.41. The summed E-state index contributed by atoms with van der Waals surface area (Å²) >= 11 is 0. The summed E-state index contributed by atoms with van der Waals surface area (Å²) < 4.78 is 0. The third-order valence-corrected chi connectivity index (χ3v) is 2.82. The van der Waals surface area contributed by atoms with E-state index in [1.54, 1.807) is 5.57 Å². The van der Waals surface area contributed by atoms with E-state index in [1.807, 2.05) is 0 Å². The van der Waals surface area contributed by atoms with Crippen molar-refractivity contribution in [3.05, 3.63) is 11.6 Å². The van der Waals surface area contributed by atoms with Crippen molar-refractivity contribution < 1.29 is 0 Å². The fraction of sp³-hybridized carbons (Fsp3) is 0.778. The van der Waals surface area contributed by atoms with Crippen LogP contribution in [0.3, 0.4) is 0 Å². The topological polar surface area (TPSA) is 26.0 Å². The number of hydrogen-bond acceptors (Lipinski definition) is 1. The van der Waals surface area contributed by atoms with E-state index in [-0.39, 0.29) is 0 Å². The number of nitrogens with two attached hydrogens (primary N) is 1. The quantitative estimate of drug-likeness (QED) is 0.547. The molecule has 2 fully saturated rings. The maximum atomic E-state index is 5.46. The molecule has 0 amide bonds. The molecule has 0 spiro atoms. The van der Waals surface area contributed by atoms with Gasteiger partial charge in [0.25, 0.3) is 0 Å². The van der Waals surface area contributed by atoms with Crippen molar-refractivity contribution in [1.82, 2.24) is 0 Å². The maximum Gasteiger partial charge on any atom is 0.0109 e. The third-order valence-electron chi connectivity index (χ3n) is 2.82. The van der Waals surface area contributed by atoms with Crippen LogP contribution in [0.15, 0.2) is 11.6 Å². The molecule has 0 radical (unpaired) electrons. The van der Waals surface area contributed by atoms with Gasteiger partial charge in [-0.25, -0.2) is 0 Å². The highest BCUT2D eigenvalue weighted by Crippen LogP contribution is 2.52. The standard InChI is InChI=1S/C9H15N/c10-5-4-7-2-1-3-8-6-9(7)8/h4,8-9H,1-3,5-6,10H2/b7-4-. The molecule has 0 saturated heterocycles. The number of hydrogen-bond donors (Lipinski definition) is 1. The van der Waals surface area contributed by atoms with E-state index >= 15 is 0 Å². The van der Waals surface area contributed by atoms with Gasteiger partial charge in [0, 0.05) is 6.54 Å². The zero-order valence-corrected chi connectivity index (χ0v) is 6.34. The fourth-order valence-corrected chi connectivity index (χ4v) is 2.18. The van der Waals surface area contributed by atoms with Crippen LogP contribution in [0.25, 0.3) is 0 Å². The summed E-state index contributed by atoms with van der Waals surface area (Å²) in [5.41, 5.74) is 7.13. The Labute approximate surface area is 62.3 Å². The lowest BCUT2D eigenvalue weighted by atomic mass is 9.95. The molecule has 2 aliphatic rings. The predicted octanol–water partition coefficient (Wildman–Crippen LogP) is 1.69. The minimum Gasteiger partial charge on any atom is -0.327 e. The van der Waals surface area contributed by atoms with Gasteiger partial charge >= 0.3 is 0 Å². The normalized spacial score (nSPS) is 41.5. The second-order valence-corrected chi connectivity index (χ2v) is 3.51. The van der Waals surface area contributed by atoms with Crippen LogP contribution in [-0.4, -0.2) is 6.54 Å². The van der Waals surface area contributed by atoms with E-state index in [2.05, 4.69) is 6.08 Å². The van der Waals surface area contributed by atoms with E-state index in [9.17, 15) is 0 Å². The molecule has 2 aliphatic carbocycles. The number of fused-ring (bicyclic) bond motifs is 1. The molecule has 0 aromatic carbocycles. The van der Waals surface area contributed by atoms with E-state index in [4.69, 9.17) is 5.73 Å². The maximum absolute atomic E-state index is 5.46. The number of allylic oxidation sites excluding steroid dienone is 1. The average molecular weight is 137 g/mol. The van der Waals surface area contributed by atoms with Crippen molar-refractivity contribution >= 4 is 0 Å². The zero-order chi connectivity index (χ0) is 6.97. The van der Waals surface area contributed by atoms with E-state index < -0.39 is 0 Å². The lowest BCUT2D eigenvalue weighted by molar-refractivity contribution is 0.568. The second kappa shape index (κ2) is 2.39. The fourth-order valence-electron chi connectivity index (χ4n) is 2.18. The molecule has 2 atom stereocenters. The van der Waals surface area contributed by atoms with Gasteiger partial charge < -0.3 is 5.73 Å². The third kappa shape index (κ3) is 0.988. The molecule has 0 bridgehead atoms. The first kappa shape index (κ1) is 6.41. The zero-order valence-electron chi connectivity index (χ0n) is 6.34. The summed E-state index contributed by atoms with van der Waals surface area (Å²) in [4.78, 5) is 0. The molecule has 0 heterocycles. The van der Waals surface area contributed by atoms with E-state index in [0.717, 1.165) is 18.4 Å². The minimum atomic E-state index is 0.749. The van der Waals surface area contributed by atoms with Crippen LogP contribution in [0.5, 0.6) is 0 Å². The molecule has 1 heteroatoms. The Morgan fingerprint density at radius 1 is 1.60 bits per heavy atom. The molecule has 10 heavy (non-hydrogen) atoms. The molecule has 0 aromatic rings. The van der Waals surface area contributed by atoms with Crippen LogP contribution in [0, 0.1) is 11.8 Å². The Bertz CT molecular complexity index is 160. The van der Waals surface area contributed by atoms with Gasteiger partial charge in [-0.15, -0.1) is 0 Å². The second-order valence-electron chi connectivity index (χ2n) is 3.51. The molecule has 56 valence electrons. The smallest absolute Gasteiger partial charge is 0.0109 e. The van der Waals surface area contributed by atoms with Crippen LogP contribution in [0.1, 0.15) is 25.7 Å². The minimum absolute atomic E-state index is 0.749. The average Bonchev–Trinajstić information content (AvgIpc) is 2.67. The van der Waals surface area contributed by atoms with Crippen LogP contribution in [-0.2, 0) is 0 Å². The molecule has 0 aromatic heterocycles. The van der Waals surface area contributed by atoms with Gasteiger partial charge in [-0.05, 0) is 37.5 Å². The van der Waals surface area contributed by atoms with Gasteiger partial charge in [0.2, 0.25) is 0 Å². The van der Waals surface area contributed by atoms with Gasteiger partial charge in [-0.3, -0.25) is 0 Å². The van der Waals surface area contributed by atoms with Crippen LogP contribution in [0.2, 0.25) is 0 Å². The Balaban J connectivity index is 2.02. The van der Waals surface area contributed by atoms with E-state index in [0.29, 0.717) is 0 Å². The summed E-state index contributed by atoms with van der Waals surface area (Å²) in [5, 5.41) is 0. The molecule has 0 aliphatic heterocycles. The van der Waals surface area contributed by atoms with Crippen molar-refractivity contribution in [2.24, 2.45) is 17.6 Å². The van der Waals surface area contributed by atoms with Gasteiger partial charge in [-0.1, -0.05) is 11.6 Å². The molecule has 2 N–H and O–H groups in total.